The number of halogens is 1. The van der Waals surface area contributed by atoms with E-state index in [2.05, 4.69) is 32.5 Å². The molecule has 0 spiro atoms. The van der Waals surface area contributed by atoms with Gasteiger partial charge in [-0.15, -0.1) is 35.3 Å². The van der Waals surface area contributed by atoms with Crippen molar-refractivity contribution in [3.63, 3.8) is 0 Å². The van der Waals surface area contributed by atoms with Gasteiger partial charge in [0, 0.05) is 36.9 Å². The molecule has 0 aromatic carbocycles. The van der Waals surface area contributed by atoms with Crippen molar-refractivity contribution in [2.24, 2.45) is 4.99 Å². The van der Waals surface area contributed by atoms with Crippen molar-refractivity contribution in [2.75, 3.05) is 7.05 Å². The molecule has 0 amide bonds. The summed E-state index contributed by atoms with van der Waals surface area (Å²) in [5.41, 5.74) is 1.12. The van der Waals surface area contributed by atoms with Crippen molar-refractivity contribution in [1.29, 1.82) is 0 Å². The monoisotopic (exact) mass is 487 g/mol. The summed E-state index contributed by atoms with van der Waals surface area (Å²) < 4.78 is 5.97. The van der Waals surface area contributed by atoms with Crippen molar-refractivity contribution in [3.05, 3.63) is 40.0 Å². The number of aryl methyl sites for hydroxylation is 1. The van der Waals surface area contributed by atoms with Crippen LogP contribution in [0.2, 0.25) is 0 Å². The van der Waals surface area contributed by atoms with E-state index in [-0.39, 0.29) is 24.0 Å². The minimum absolute atomic E-state index is 0. The molecule has 142 valence electrons. The lowest BCUT2D eigenvalue weighted by atomic mass is 10.2. The number of aromatic nitrogens is 2. The summed E-state index contributed by atoms with van der Waals surface area (Å²) >= 11 is 1.69. The van der Waals surface area contributed by atoms with Gasteiger partial charge in [0.1, 0.15) is 11.1 Å². The van der Waals surface area contributed by atoms with E-state index in [1.165, 1.54) is 17.7 Å². The zero-order chi connectivity index (χ0) is 17.5. The Hall–Kier alpha value is -1.42. The molecule has 0 bridgehead atoms. The van der Waals surface area contributed by atoms with Crippen LogP contribution in [0, 0.1) is 6.92 Å². The first kappa shape index (κ1) is 20.9. The Morgan fingerprint density at radius 1 is 1.27 bits per heavy atom. The molecular weight excluding hydrogens is 461 g/mol. The second-order valence-electron chi connectivity index (χ2n) is 6.17. The molecule has 2 heterocycles. The van der Waals surface area contributed by atoms with Gasteiger partial charge in [-0.1, -0.05) is 0 Å². The number of pyridine rings is 1. The minimum atomic E-state index is 0. The number of nitrogens with zero attached hydrogens (tertiary/aromatic N) is 3. The molecule has 0 unspecified atom stereocenters. The largest absolute Gasteiger partial charge is 0.474 e. The minimum Gasteiger partial charge on any atom is -0.474 e. The van der Waals surface area contributed by atoms with Crippen LogP contribution in [0.1, 0.15) is 41.1 Å². The van der Waals surface area contributed by atoms with Crippen LogP contribution in [0.3, 0.4) is 0 Å². The smallest absolute Gasteiger partial charge is 0.213 e. The molecular formula is C18H26IN5OS. The third kappa shape index (κ3) is 6.39. The van der Waals surface area contributed by atoms with Gasteiger partial charge in [-0.2, -0.15) is 0 Å². The first-order valence-corrected chi connectivity index (χ1v) is 9.52. The Morgan fingerprint density at radius 2 is 2.04 bits per heavy atom. The summed E-state index contributed by atoms with van der Waals surface area (Å²) in [7, 11) is 1.77. The normalized spacial score (nSPS) is 14.8. The Labute approximate surface area is 175 Å². The van der Waals surface area contributed by atoms with Gasteiger partial charge in [-0.3, -0.25) is 4.99 Å². The summed E-state index contributed by atoms with van der Waals surface area (Å²) in [4.78, 5) is 14.1. The standard InChI is InChI=1S/C18H25N5OS.HI/c1-13-10-21-17(25-13)12-23-18(19-2)22-11-14-7-8-20-16(9-14)24-15-5-3-4-6-15;/h7-10,15H,3-6,11-12H2,1-2H3,(H2,19,22,23);1H. The van der Waals surface area contributed by atoms with E-state index in [4.69, 9.17) is 4.74 Å². The molecule has 1 fully saturated rings. The van der Waals surface area contributed by atoms with E-state index in [0.717, 1.165) is 29.4 Å². The third-order valence-corrected chi connectivity index (χ3v) is 5.06. The van der Waals surface area contributed by atoms with Gasteiger partial charge in [-0.25, -0.2) is 9.97 Å². The number of hydrogen-bond acceptors (Lipinski definition) is 5. The zero-order valence-electron chi connectivity index (χ0n) is 15.2. The maximum atomic E-state index is 5.97. The second kappa shape index (κ2) is 10.7. The Kier molecular flexibility index (Phi) is 8.56. The summed E-state index contributed by atoms with van der Waals surface area (Å²) in [5.74, 6) is 1.47. The van der Waals surface area contributed by atoms with Gasteiger partial charge in [0.2, 0.25) is 5.88 Å². The van der Waals surface area contributed by atoms with E-state index >= 15 is 0 Å². The Balaban J connectivity index is 0.00000243. The highest BCUT2D eigenvalue weighted by Crippen LogP contribution is 2.23. The molecule has 8 heteroatoms. The molecule has 0 saturated heterocycles. The number of nitrogens with one attached hydrogen (secondary N) is 2. The lowest BCUT2D eigenvalue weighted by molar-refractivity contribution is 0.201. The number of hydrogen-bond donors (Lipinski definition) is 2. The predicted molar refractivity (Wildman–Crippen MR) is 116 cm³/mol. The highest BCUT2D eigenvalue weighted by Gasteiger charge is 2.17. The summed E-state index contributed by atoms with van der Waals surface area (Å²) in [5, 5.41) is 7.65. The average Bonchev–Trinajstić information content (AvgIpc) is 3.27. The van der Waals surface area contributed by atoms with Crippen LogP contribution in [0.5, 0.6) is 5.88 Å². The average molecular weight is 487 g/mol. The lowest BCUT2D eigenvalue weighted by Crippen LogP contribution is -2.36. The summed E-state index contributed by atoms with van der Waals surface area (Å²) in [6.07, 6.45) is 8.80. The molecule has 26 heavy (non-hydrogen) atoms. The Bertz CT molecular complexity index is 715. The summed E-state index contributed by atoms with van der Waals surface area (Å²) in [6.45, 7) is 3.40. The highest BCUT2D eigenvalue weighted by molar-refractivity contribution is 14.0. The molecule has 2 N–H and O–H groups in total. The van der Waals surface area contributed by atoms with Crippen LogP contribution < -0.4 is 15.4 Å². The fourth-order valence-electron chi connectivity index (χ4n) is 2.85. The molecule has 1 aliphatic rings. The van der Waals surface area contributed by atoms with Crippen LogP contribution in [0.25, 0.3) is 0 Å². The van der Waals surface area contributed by atoms with Crippen LogP contribution in [0.15, 0.2) is 29.5 Å². The molecule has 0 atom stereocenters. The van der Waals surface area contributed by atoms with E-state index in [1.807, 2.05) is 18.3 Å². The first-order chi connectivity index (χ1) is 12.2. The van der Waals surface area contributed by atoms with E-state index in [9.17, 15) is 0 Å². The molecule has 6 nitrogen and oxygen atoms in total. The first-order valence-electron chi connectivity index (χ1n) is 8.70. The Morgan fingerprint density at radius 3 is 2.73 bits per heavy atom. The van der Waals surface area contributed by atoms with Crippen LogP contribution in [-0.2, 0) is 13.1 Å². The van der Waals surface area contributed by atoms with Crippen LogP contribution in [-0.4, -0.2) is 29.1 Å². The van der Waals surface area contributed by atoms with Gasteiger partial charge >= 0.3 is 0 Å². The van der Waals surface area contributed by atoms with Crippen LogP contribution in [0.4, 0.5) is 0 Å². The number of rotatable bonds is 6. The van der Waals surface area contributed by atoms with Crippen molar-refractivity contribution < 1.29 is 4.74 Å². The van der Waals surface area contributed by atoms with E-state index in [1.54, 1.807) is 24.6 Å². The fourth-order valence-corrected chi connectivity index (χ4v) is 3.58. The van der Waals surface area contributed by atoms with Gasteiger partial charge in [0.15, 0.2) is 5.96 Å². The predicted octanol–water partition coefficient (Wildman–Crippen LogP) is 3.65. The number of guanidine groups is 1. The van der Waals surface area contributed by atoms with Gasteiger partial charge in [0.25, 0.3) is 0 Å². The summed E-state index contributed by atoms with van der Waals surface area (Å²) in [6, 6.07) is 3.99. The number of aliphatic imine (C=N–C) groups is 1. The number of ether oxygens (including phenoxy) is 1. The maximum absolute atomic E-state index is 5.97. The maximum Gasteiger partial charge on any atom is 0.213 e. The molecule has 1 aliphatic carbocycles. The molecule has 2 aromatic heterocycles. The van der Waals surface area contributed by atoms with Crippen molar-refractivity contribution >= 4 is 41.3 Å². The van der Waals surface area contributed by atoms with Crippen LogP contribution >= 0.6 is 35.3 Å². The molecule has 2 aromatic rings. The van der Waals surface area contributed by atoms with E-state index in [0.29, 0.717) is 25.1 Å². The van der Waals surface area contributed by atoms with Gasteiger partial charge < -0.3 is 15.4 Å². The molecule has 3 rings (SSSR count). The highest BCUT2D eigenvalue weighted by atomic mass is 127. The molecule has 0 radical (unpaired) electrons. The fraction of sp³-hybridized carbons (Fsp3) is 0.500. The third-order valence-electron chi connectivity index (χ3n) is 4.15. The van der Waals surface area contributed by atoms with Crippen molar-refractivity contribution in [1.82, 2.24) is 20.6 Å². The molecule has 1 saturated carbocycles. The SMILES string of the molecule is CN=C(NCc1ccnc(OC2CCCC2)c1)NCc1ncc(C)s1.I. The second-order valence-corrected chi connectivity index (χ2v) is 7.49. The van der Waals surface area contributed by atoms with Gasteiger partial charge in [0.05, 0.1) is 6.54 Å². The van der Waals surface area contributed by atoms with Gasteiger partial charge in [-0.05, 0) is 44.2 Å². The van der Waals surface area contributed by atoms with Crippen molar-refractivity contribution in [3.8, 4) is 5.88 Å². The topological polar surface area (TPSA) is 71.4 Å². The lowest BCUT2D eigenvalue weighted by Gasteiger charge is -2.14. The molecule has 0 aliphatic heterocycles. The van der Waals surface area contributed by atoms with E-state index < -0.39 is 0 Å². The van der Waals surface area contributed by atoms with Crippen molar-refractivity contribution in [2.45, 2.75) is 51.8 Å². The number of thiazole rings is 1. The zero-order valence-corrected chi connectivity index (χ0v) is 18.3. The quantitative estimate of drug-likeness (QED) is 0.370.